The Bertz CT molecular complexity index is 531. The number of nitrogens with one attached hydrogen (secondary N) is 1. The number of rotatable bonds is 7. The summed E-state index contributed by atoms with van der Waals surface area (Å²) in [6.07, 6.45) is 2.77. The summed E-state index contributed by atoms with van der Waals surface area (Å²) >= 11 is 0. The maximum absolute atomic E-state index is 13.3. The molecule has 2 aromatic rings. The minimum Gasteiger partial charge on any atom is -0.487 e. The normalized spacial score (nSPS) is 10.5. The molecule has 20 heavy (non-hydrogen) atoms. The van der Waals surface area contributed by atoms with Crippen LogP contribution in [0.1, 0.15) is 24.6 Å². The van der Waals surface area contributed by atoms with Crippen molar-refractivity contribution in [3.05, 3.63) is 59.7 Å². The van der Waals surface area contributed by atoms with Crippen LogP contribution < -0.4 is 10.1 Å². The van der Waals surface area contributed by atoms with Gasteiger partial charge in [-0.2, -0.15) is 0 Å². The van der Waals surface area contributed by atoms with Crippen molar-refractivity contribution >= 4 is 0 Å². The van der Waals surface area contributed by atoms with Crippen LogP contribution in [0.25, 0.3) is 0 Å². The molecule has 0 fully saturated rings. The highest BCUT2D eigenvalue weighted by atomic mass is 19.1. The summed E-state index contributed by atoms with van der Waals surface area (Å²) in [5, 5.41) is 3.25. The van der Waals surface area contributed by atoms with Crippen LogP contribution in [0, 0.1) is 5.82 Å². The second-order valence-corrected chi connectivity index (χ2v) is 4.54. The van der Waals surface area contributed by atoms with Gasteiger partial charge in [-0.1, -0.05) is 13.0 Å². The van der Waals surface area contributed by atoms with Gasteiger partial charge in [0.05, 0.1) is 5.69 Å². The number of benzene rings is 1. The highest BCUT2D eigenvalue weighted by molar-refractivity contribution is 5.34. The van der Waals surface area contributed by atoms with E-state index in [9.17, 15) is 4.39 Å². The Morgan fingerprint density at radius 2 is 2.15 bits per heavy atom. The van der Waals surface area contributed by atoms with Crippen LogP contribution in [0.5, 0.6) is 5.75 Å². The molecule has 3 nitrogen and oxygen atoms in total. The molecule has 2 rings (SSSR count). The molecule has 0 aliphatic rings. The number of hydrogen-bond acceptors (Lipinski definition) is 3. The summed E-state index contributed by atoms with van der Waals surface area (Å²) in [5.41, 5.74) is 1.68. The van der Waals surface area contributed by atoms with Gasteiger partial charge < -0.3 is 10.1 Å². The van der Waals surface area contributed by atoms with Crippen LogP contribution in [0.3, 0.4) is 0 Å². The zero-order valence-corrected chi connectivity index (χ0v) is 11.6. The second kappa shape index (κ2) is 7.60. The van der Waals surface area contributed by atoms with Crippen LogP contribution in [0.15, 0.2) is 42.6 Å². The molecule has 0 bridgehead atoms. The molecule has 1 N–H and O–H groups in total. The Labute approximate surface area is 118 Å². The lowest BCUT2D eigenvalue weighted by Crippen LogP contribution is -2.15. The molecular weight excluding hydrogens is 255 g/mol. The van der Waals surface area contributed by atoms with Crippen LogP contribution in [0.4, 0.5) is 4.39 Å². The number of hydrogen-bond donors (Lipinski definition) is 1. The fourth-order valence-corrected chi connectivity index (χ4v) is 1.86. The van der Waals surface area contributed by atoms with Gasteiger partial charge in [0, 0.05) is 18.3 Å². The predicted octanol–water partition coefficient (Wildman–Crippen LogP) is 3.30. The molecule has 0 saturated heterocycles. The lowest BCUT2D eigenvalue weighted by Gasteiger charge is -2.12. The summed E-state index contributed by atoms with van der Waals surface area (Å²) in [5.74, 6) is 0.448. The summed E-state index contributed by atoms with van der Waals surface area (Å²) in [6, 6.07) is 10.3. The van der Waals surface area contributed by atoms with E-state index in [2.05, 4.69) is 17.2 Å². The van der Waals surface area contributed by atoms with E-state index < -0.39 is 0 Å². The maximum Gasteiger partial charge on any atom is 0.130 e. The monoisotopic (exact) mass is 274 g/mol. The molecule has 0 aliphatic carbocycles. The molecule has 0 unspecified atom stereocenters. The Morgan fingerprint density at radius 1 is 1.25 bits per heavy atom. The first-order valence-corrected chi connectivity index (χ1v) is 6.81. The fraction of sp³-hybridized carbons (Fsp3) is 0.312. The zero-order valence-electron chi connectivity index (χ0n) is 11.6. The van der Waals surface area contributed by atoms with E-state index in [1.807, 2.05) is 18.2 Å². The number of halogens is 1. The van der Waals surface area contributed by atoms with Crippen LogP contribution in [0.2, 0.25) is 0 Å². The maximum atomic E-state index is 13.3. The fourth-order valence-electron chi connectivity index (χ4n) is 1.86. The first-order chi connectivity index (χ1) is 9.79. The van der Waals surface area contributed by atoms with Crippen LogP contribution >= 0.6 is 0 Å². The Balaban J connectivity index is 2.02. The smallest absolute Gasteiger partial charge is 0.130 e. The first-order valence-electron chi connectivity index (χ1n) is 6.81. The molecule has 0 aliphatic heterocycles. The minimum atomic E-state index is -0.247. The summed E-state index contributed by atoms with van der Waals surface area (Å²) < 4.78 is 19.1. The van der Waals surface area contributed by atoms with Gasteiger partial charge in [0.25, 0.3) is 0 Å². The molecule has 1 aromatic heterocycles. The molecule has 0 saturated carbocycles. The van der Waals surface area contributed by atoms with E-state index in [0.717, 1.165) is 24.2 Å². The highest BCUT2D eigenvalue weighted by Gasteiger charge is 2.06. The van der Waals surface area contributed by atoms with E-state index in [1.54, 1.807) is 12.3 Å². The Hall–Kier alpha value is -1.94. The van der Waals surface area contributed by atoms with Crippen molar-refractivity contribution in [2.75, 3.05) is 6.54 Å². The van der Waals surface area contributed by atoms with Gasteiger partial charge in [-0.25, -0.2) is 4.39 Å². The average molecular weight is 274 g/mol. The third-order valence-electron chi connectivity index (χ3n) is 2.87. The van der Waals surface area contributed by atoms with Gasteiger partial charge >= 0.3 is 0 Å². The topological polar surface area (TPSA) is 34.1 Å². The van der Waals surface area contributed by atoms with Crippen LogP contribution in [-0.4, -0.2) is 11.5 Å². The van der Waals surface area contributed by atoms with E-state index in [0.29, 0.717) is 18.9 Å². The van der Waals surface area contributed by atoms with Crippen molar-refractivity contribution in [3.8, 4) is 5.75 Å². The molecule has 0 atom stereocenters. The van der Waals surface area contributed by atoms with Gasteiger partial charge in [-0.05, 0) is 43.3 Å². The first kappa shape index (κ1) is 14.5. The molecular formula is C16H19FN2O. The van der Waals surface area contributed by atoms with Crippen molar-refractivity contribution in [2.24, 2.45) is 0 Å². The standard InChI is InChI=1S/C16H19FN2O/c1-2-8-18-11-13-10-14(17)6-7-16(13)20-12-15-5-3-4-9-19-15/h3-7,9-10,18H,2,8,11-12H2,1H3. The number of aromatic nitrogens is 1. The SMILES string of the molecule is CCCNCc1cc(F)ccc1OCc1ccccn1. The van der Waals surface area contributed by atoms with Crippen molar-refractivity contribution < 1.29 is 9.13 Å². The largest absolute Gasteiger partial charge is 0.487 e. The molecule has 0 spiro atoms. The van der Waals surface area contributed by atoms with Gasteiger partial charge in [0.15, 0.2) is 0 Å². The zero-order chi connectivity index (χ0) is 14.2. The summed E-state index contributed by atoms with van der Waals surface area (Å²) in [4.78, 5) is 4.20. The Morgan fingerprint density at radius 3 is 2.90 bits per heavy atom. The van der Waals surface area contributed by atoms with Gasteiger partial charge in [-0.15, -0.1) is 0 Å². The van der Waals surface area contributed by atoms with Crippen LogP contribution in [-0.2, 0) is 13.2 Å². The highest BCUT2D eigenvalue weighted by Crippen LogP contribution is 2.20. The third kappa shape index (κ3) is 4.31. The van der Waals surface area contributed by atoms with Gasteiger partial charge in [0.1, 0.15) is 18.2 Å². The lowest BCUT2D eigenvalue weighted by molar-refractivity contribution is 0.297. The van der Waals surface area contributed by atoms with Gasteiger partial charge in [-0.3, -0.25) is 4.98 Å². The van der Waals surface area contributed by atoms with Gasteiger partial charge in [0.2, 0.25) is 0 Å². The predicted molar refractivity (Wildman–Crippen MR) is 77.0 cm³/mol. The van der Waals surface area contributed by atoms with E-state index >= 15 is 0 Å². The molecule has 106 valence electrons. The number of ether oxygens (including phenoxy) is 1. The summed E-state index contributed by atoms with van der Waals surface area (Å²) in [7, 11) is 0. The minimum absolute atomic E-state index is 0.247. The van der Waals surface area contributed by atoms with Crippen molar-refractivity contribution in [1.82, 2.24) is 10.3 Å². The quantitative estimate of drug-likeness (QED) is 0.787. The van der Waals surface area contributed by atoms with E-state index in [-0.39, 0.29) is 5.82 Å². The second-order valence-electron chi connectivity index (χ2n) is 4.54. The number of pyridine rings is 1. The Kier molecular flexibility index (Phi) is 5.50. The molecule has 0 radical (unpaired) electrons. The van der Waals surface area contributed by atoms with Crippen molar-refractivity contribution in [2.45, 2.75) is 26.5 Å². The van der Waals surface area contributed by atoms with Crippen molar-refractivity contribution in [3.63, 3.8) is 0 Å². The third-order valence-corrected chi connectivity index (χ3v) is 2.87. The molecule has 1 heterocycles. The van der Waals surface area contributed by atoms with E-state index in [4.69, 9.17) is 4.74 Å². The molecule has 0 amide bonds. The van der Waals surface area contributed by atoms with E-state index in [1.165, 1.54) is 12.1 Å². The number of nitrogens with zero attached hydrogens (tertiary/aromatic N) is 1. The van der Waals surface area contributed by atoms with Crippen molar-refractivity contribution in [1.29, 1.82) is 0 Å². The summed E-state index contributed by atoms with van der Waals surface area (Å²) in [6.45, 7) is 3.98. The lowest BCUT2D eigenvalue weighted by atomic mass is 10.2. The molecule has 1 aromatic carbocycles. The molecule has 4 heteroatoms. The average Bonchev–Trinajstić information content (AvgIpc) is 2.48.